The van der Waals surface area contributed by atoms with Crippen LogP contribution in [0, 0.1) is 6.92 Å². The van der Waals surface area contributed by atoms with Gasteiger partial charge in [0.25, 0.3) is 0 Å². The van der Waals surface area contributed by atoms with Gasteiger partial charge in [-0.05, 0) is 37.5 Å². The Morgan fingerprint density at radius 1 is 1.50 bits per heavy atom. The highest BCUT2D eigenvalue weighted by Crippen LogP contribution is 2.21. The molecule has 3 nitrogen and oxygen atoms in total. The fraction of sp³-hybridized carbons (Fsp3) is 0.417. The number of amides is 1. The maximum absolute atomic E-state index is 11.4. The van der Waals surface area contributed by atoms with E-state index in [9.17, 15) is 4.79 Å². The number of carbonyl (C=O) groups excluding carboxylic acids is 1. The molecule has 0 aliphatic heterocycles. The predicted octanol–water partition coefficient (Wildman–Crippen LogP) is 2.45. The van der Waals surface area contributed by atoms with Crippen molar-refractivity contribution in [3.05, 3.63) is 28.2 Å². The zero-order chi connectivity index (χ0) is 11.5. The Kier molecular flexibility index (Phi) is 3.49. The molecule has 0 unspecified atom stereocenters. The van der Waals surface area contributed by atoms with Gasteiger partial charge in [-0.1, -0.05) is 22.0 Å². The molecule has 1 saturated carbocycles. The third-order valence-electron chi connectivity index (χ3n) is 2.57. The van der Waals surface area contributed by atoms with Crippen LogP contribution in [-0.2, 0) is 4.79 Å². The summed E-state index contributed by atoms with van der Waals surface area (Å²) in [5.74, 6) is 0.0687. The number of hydrogen-bond acceptors (Lipinski definition) is 2. The molecule has 0 bridgehead atoms. The fourth-order valence-electron chi connectivity index (χ4n) is 1.39. The van der Waals surface area contributed by atoms with E-state index in [-0.39, 0.29) is 5.91 Å². The summed E-state index contributed by atoms with van der Waals surface area (Å²) in [5, 5.41) is 6.04. The minimum absolute atomic E-state index is 0.0687. The van der Waals surface area contributed by atoms with Crippen LogP contribution in [0.25, 0.3) is 0 Å². The summed E-state index contributed by atoms with van der Waals surface area (Å²) in [5.41, 5.74) is 2.15. The molecule has 1 aliphatic carbocycles. The molecule has 2 N–H and O–H groups in total. The summed E-state index contributed by atoms with van der Waals surface area (Å²) in [6.45, 7) is 2.37. The van der Waals surface area contributed by atoms with Crippen molar-refractivity contribution in [3.63, 3.8) is 0 Å². The first-order valence-electron chi connectivity index (χ1n) is 5.44. The number of rotatable bonds is 4. The van der Waals surface area contributed by atoms with E-state index in [1.54, 1.807) is 0 Å². The minimum Gasteiger partial charge on any atom is -0.376 e. The van der Waals surface area contributed by atoms with Crippen LogP contribution in [0.2, 0.25) is 0 Å². The SMILES string of the molecule is Cc1ccc(NCC(=O)NC2CC2)cc1Br. The molecule has 2 rings (SSSR count). The largest absolute Gasteiger partial charge is 0.376 e. The summed E-state index contributed by atoms with van der Waals surface area (Å²) in [4.78, 5) is 11.4. The lowest BCUT2D eigenvalue weighted by Crippen LogP contribution is -2.31. The van der Waals surface area contributed by atoms with Crippen LogP contribution in [0.1, 0.15) is 18.4 Å². The van der Waals surface area contributed by atoms with Crippen molar-refractivity contribution >= 4 is 27.5 Å². The summed E-state index contributed by atoms with van der Waals surface area (Å²) in [7, 11) is 0. The smallest absolute Gasteiger partial charge is 0.239 e. The van der Waals surface area contributed by atoms with E-state index in [4.69, 9.17) is 0 Å². The van der Waals surface area contributed by atoms with Gasteiger partial charge in [0.1, 0.15) is 0 Å². The first kappa shape index (κ1) is 11.5. The van der Waals surface area contributed by atoms with Gasteiger partial charge in [-0.15, -0.1) is 0 Å². The second-order valence-corrected chi connectivity index (χ2v) is 5.01. The Morgan fingerprint density at radius 3 is 2.88 bits per heavy atom. The van der Waals surface area contributed by atoms with Crippen molar-refractivity contribution in [2.75, 3.05) is 11.9 Å². The van der Waals surface area contributed by atoms with Gasteiger partial charge in [0.05, 0.1) is 6.54 Å². The van der Waals surface area contributed by atoms with E-state index in [2.05, 4.69) is 26.6 Å². The molecule has 1 aromatic rings. The van der Waals surface area contributed by atoms with Gasteiger partial charge < -0.3 is 10.6 Å². The average molecular weight is 283 g/mol. The maximum Gasteiger partial charge on any atom is 0.239 e. The monoisotopic (exact) mass is 282 g/mol. The number of nitrogens with one attached hydrogen (secondary N) is 2. The quantitative estimate of drug-likeness (QED) is 0.891. The Hall–Kier alpha value is -1.03. The second kappa shape index (κ2) is 4.87. The average Bonchev–Trinajstić information content (AvgIpc) is 3.04. The lowest BCUT2D eigenvalue weighted by atomic mass is 10.2. The van der Waals surface area contributed by atoms with Crippen molar-refractivity contribution in [3.8, 4) is 0 Å². The Labute approximate surface area is 104 Å². The van der Waals surface area contributed by atoms with Crippen molar-refractivity contribution < 1.29 is 4.79 Å². The first-order valence-corrected chi connectivity index (χ1v) is 6.24. The van der Waals surface area contributed by atoms with Crippen molar-refractivity contribution in [2.45, 2.75) is 25.8 Å². The van der Waals surface area contributed by atoms with Crippen LogP contribution in [-0.4, -0.2) is 18.5 Å². The zero-order valence-corrected chi connectivity index (χ0v) is 10.8. The highest BCUT2D eigenvalue weighted by molar-refractivity contribution is 9.10. The van der Waals surface area contributed by atoms with Crippen molar-refractivity contribution in [1.82, 2.24) is 5.32 Å². The molecule has 1 fully saturated rings. The summed E-state index contributed by atoms with van der Waals surface area (Å²) >= 11 is 3.46. The van der Waals surface area contributed by atoms with Crippen LogP contribution in [0.3, 0.4) is 0 Å². The third-order valence-corrected chi connectivity index (χ3v) is 3.42. The summed E-state index contributed by atoms with van der Waals surface area (Å²) in [6.07, 6.45) is 2.25. The van der Waals surface area contributed by atoms with E-state index in [0.717, 1.165) is 23.0 Å². The van der Waals surface area contributed by atoms with Crippen LogP contribution in [0.4, 0.5) is 5.69 Å². The van der Waals surface area contributed by atoms with Crippen molar-refractivity contribution in [1.29, 1.82) is 0 Å². The Balaban J connectivity index is 1.83. The number of halogens is 1. The highest BCUT2D eigenvalue weighted by atomic mass is 79.9. The number of aryl methyl sites for hydroxylation is 1. The lowest BCUT2D eigenvalue weighted by Gasteiger charge is -2.08. The molecule has 0 heterocycles. The molecule has 0 aromatic heterocycles. The van der Waals surface area contributed by atoms with Gasteiger partial charge in [-0.25, -0.2) is 0 Å². The zero-order valence-electron chi connectivity index (χ0n) is 9.22. The first-order chi connectivity index (χ1) is 7.65. The summed E-state index contributed by atoms with van der Waals surface area (Å²) in [6, 6.07) is 6.41. The van der Waals surface area contributed by atoms with Gasteiger partial charge in [0, 0.05) is 16.2 Å². The van der Waals surface area contributed by atoms with Crippen LogP contribution < -0.4 is 10.6 Å². The normalized spacial score (nSPS) is 14.6. The molecule has 0 saturated heterocycles. The van der Waals surface area contributed by atoms with Crippen molar-refractivity contribution in [2.24, 2.45) is 0 Å². The van der Waals surface area contributed by atoms with E-state index in [1.807, 2.05) is 25.1 Å². The van der Waals surface area contributed by atoms with Crippen LogP contribution in [0.5, 0.6) is 0 Å². The number of hydrogen-bond donors (Lipinski definition) is 2. The van der Waals surface area contributed by atoms with E-state index in [0.29, 0.717) is 12.6 Å². The van der Waals surface area contributed by atoms with Gasteiger partial charge in [0.2, 0.25) is 5.91 Å². The molecular weight excluding hydrogens is 268 g/mol. The number of carbonyl (C=O) groups is 1. The predicted molar refractivity (Wildman–Crippen MR) is 68.5 cm³/mol. The minimum atomic E-state index is 0.0687. The van der Waals surface area contributed by atoms with E-state index in [1.165, 1.54) is 5.56 Å². The van der Waals surface area contributed by atoms with E-state index < -0.39 is 0 Å². The van der Waals surface area contributed by atoms with Gasteiger partial charge in [-0.3, -0.25) is 4.79 Å². The molecule has 0 atom stereocenters. The van der Waals surface area contributed by atoms with Gasteiger partial charge in [-0.2, -0.15) is 0 Å². The van der Waals surface area contributed by atoms with E-state index >= 15 is 0 Å². The molecule has 1 amide bonds. The molecular formula is C12H15BrN2O. The molecule has 1 aliphatic rings. The van der Waals surface area contributed by atoms with Gasteiger partial charge in [0.15, 0.2) is 0 Å². The molecule has 16 heavy (non-hydrogen) atoms. The highest BCUT2D eigenvalue weighted by Gasteiger charge is 2.22. The second-order valence-electron chi connectivity index (χ2n) is 4.16. The lowest BCUT2D eigenvalue weighted by molar-refractivity contribution is -0.119. The molecule has 0 spiro atoms. The maximum atomic E-state index is 11.4. The Bertz CT molecular complexity index is 402. The topological polar surface area (TPSA) is 41.1 Å². The molecule has 1 aromatic carbocycles. The molecule has 86 valence electrons. The number of benzene rings is 1. The van der Waals surface area contributed by atoms with Crippen LogP contribution in [0.15, 0.2) is 22.7 Å². The number of anilines is 1. The third kappa shape index (κ3) is 3.23. The molecule has 4 heteroatoms. The standard InChI is InChI=1S/C12H15BrN2O/c1-8-2-3-10(6-11(8)13)14-7-12(16)15-9-4-5-9/h2-3,6,9,14H,4-5,7H2,1H3,(H,15,16). The fourth-order valence-corrected chi connectivity index (χ4v) is 1.77. The Morgan fingerprint density at radius 2 is 2.25 bits per heavy atom. The molecule has 0 radical (unpaired) electrons. The van der Waals surface area contributed by atoms with Crippen LogP contribution >= 0.6 is 15.9 Å². The van der Waals surface area contributed by atoms with Gasteiger partial charge >= 0.3 is 0 Å². The summed E-state index contributed by atoms with van der Waals surface area (Å²) < 4.78 is 1.06.